The van der Waals surface area contributed by atoms with Gasteiger partial charge in [-0.15, -0.1) is 0 Å². The molecule has 6 heteroatoms. The van der Waals surface area contributed by atoms with E-state index in [1.54, 1.807) is 6.92 Å². The summed E-state index contributed by atoms with van der Waals surface area (Å²) in [5.74, 6) is -0.490. The molecule has 1 aromatic heterocycles. The number of hydrogen-bond acceptors (Lipinski definition) is 5. The van der Waals surface area contributed by atoms with Gasteiger partial charge < -0.3 is 14.3 Å². The Balaban J connectivity index is 2.79. The minimum atomic E-state index is -0.584. The van der Waals surface area contributed by atoms with Crippen LogP contribution in [-0.4, -0.2) is 21.9 Å². The number of methoxy groups -OCH3 is 1. The minimum Gasteiger partial charge on any atom is -0.507 e. The van der Waals surface area contributed by atoms with E-state index in [0.717, 1.165) is 0 Å². The lowest BCUT2D eigenvalue weighted by molar-refractivity contribution is 0.0930. The van der Waals surface area contributed by atoms with E-state index in [1.165, 1.54) is 25.3 Å². The number of carbonyl (C=O) groups is 1. The predicted molar refractivity (Wildman–Crippen MR) is 87.7 cm³/mol. The Kier molecular flexibility index (Phi) is 4.55. The number of phenolic OH excluding ortho intramolecular Hbond substituents is 1. The average Bonchev–Trinajstić information content (AvgIpc) is 2.44. The fourth-order valence-electron chi connectivity index (χ4n) is 2.03. The van der Waals surface area contributed by atoms with Gasteiger partial charge in [-0.25, -0.2) is 4.79 Å². The molecule has 0 fully saturated rings. The van der Waals surface area contributed by atoms with Crippen LogP contribution in [0, 0.1) is 5.92 Å². The number of halogens is 1. The van der Waals surface area contributed by atoms with E-state index in [-0.39, 0.29) is 32.5 Å². The van der Waals surface area contributed by atoms with Crippen molar-refractivity contribution in [3.8, 4) is 11.5 Å². The quantitative estimate of drug-likeness (QED) is 0.368. The summed E-state index contributed by atoms with van der Waals surface area (Å²) in [4.78, 5) is 24.0. The predicted octanol–water partition coefficient (Wildman–Crippen LogP) is 3.15. The zero-order valence-electron chi connectivity index (χ0n) is 11.8. The Labute approximate surface area is 135 Å². The van der Waals surface area contributed by atoms with Gasteiger partial charge in [0.05, 0.1) is 12.5 Å². The number of ketones is 1. The third-order valence-corrected chi connectivity index (χ3v) is 4.50. The molecule has 0 saturated heterocycles. The first-order valence-corrected chi connectivity index (χ1v) is 7.63. The van der Waals surface area contributed by atoms with Gasteiger partial charge in [-0.3, -0.25) is 4.79 Å². The van der Waals surface area contributed by atoms with Crippen LogP contribution in [0.5, 0.6) is 11.5 Å². The summed E-state index contributed by atoms with van der Waals surface area (Å²) in [5.41, 5.74) is -0.493. The molecule has 1 N–H and O–H groups in total. The molecule has 0 radical (unpaired) electrons. The molecule has 0 saturated carbocycles. The van der Waals surface area contributed by atoms with E-state index in [1.807, 2.05) is 6.92 Å². The number of benzene rings is 1. The lowest BCUT2D eigenvalue weighted by Gasteiger charge is -2.16. The molecule has 0 aliphatic carbocycles. The Morgan fingerprint density at radius 3 is 2.62 bits per heavy atom. The highest BCUT2D eigenvalue weighted by atomic mass is 127. The SMILES string of the molecule is COc1cc(O)c(C(=O)C(C)C(C)I)c2oc(=O)ccc12. The Bertz CT molecular complexity index is 748. The number of ether oxygens (including phenoxy) is 1. The zero-order chi connectivity index (χ0) is 15.7. The number of rotatable bonds is 4. The largest absolute Gasteiger partial charge is 0.507 e. The summed E-state index contributed by atoms with van der Waals surface area (Å²) >= 11 is 2.15. The van der Waals surface area contributed by atoms with Gasteiger partial charge >= 0.3 is 5.63 Å². The molecule has 0 spiro atoms. The summed E-state index contributed by atoms with van der Waals surface area (Å²) in [5, 5.41) is 10.6. The zero-order valence-corrected chi connectivity index (χ0v) is 14.0. The fourth-order valence-corrected chi connectivity index (χ4v) is 2.36. The number of fused-ring (bicyclic) bond motifs is 1. The normalized spacial score (nSPS) is 13.9. The van der Waals surface area contributed by atoms with Gasteiger partial charge in [-0.05, 0) is 6.07 Å². The van der Waals surface area contributed by atoms with Crippen LogP contribution in [0.3, 0.4) is 0 Å². The van der Waals surface area contributed by atoms with E-state index in [0.29, 0.717) is 11.1 Å². The number of carbonyl (C=O) groups excluding carboxylic acids is 1. The molecule has 5 nitrogen and oxygen atoms in total. The molecule has 0 aliphatic rings. The Hall–Kier alpha value is -1.57. The van der Waals surface area contributed by atoms with E-state index < -0.39 is 5.63 Å². The van der Waals surface area contributed by atoms with Crippen LogP contribution < -0.4 is 10.4 Å². The molecule has 0 bridgehead atoms. The van der Waals surface area contributed by atoms with Crippen molar-refractivity contribution in [3.05, 3.63) is 34.2 Å². The smallest absolute Gasteiger partial charge is 0.336 e. The molecule has 2 aromatic rings. The molecule has 1 heterocycles. The van der Waals surface area contributed by atoms with Crippen molar-refractivity contribution in [1.29, 1.82) is 0 Å². The van der Waals surface area contributed by atoms with Crippen molar-refractivity contribution in [2.45, 2.75) is 17.8 Å². The molecular weight excluding hydrogens is 387 g/mol. The monoisotopic (exact) mass is 402 g/mol. The number of hydrogen-bond donors (Lipinski definition) is 1. The second-order valence-electron chi connectivity index (χ2n) is 4.80. The first-order valence-electron chi connectivity index (χ1n) is 6.39. The van der Waals surface area contributed by atoms with Gasteiger partial charge in [0.1, 0.15) is 17.1 Å². The highest BCUT2D eigenvalue weighted by molar-refractivity contribution is 14.1. The maximum Gasteiger partial charge on any atom is 0.336 e. The van der Waals surface area contributed by atoms with Gasteiger partial charge in [-0.1, -0.05) is 36.4 Å². The first kappa shape index (κ1) is 15.8. The van der Waals surface area contributed by atoms with Gasteiger partial charge in [0.25, 0.3) is 0 Å². The lowest BCUT2D eigenvalue weighted by Crippen LogP contribution is -2.19. The first-order chi connectivity index (χ1) is 9.86. The maximum atomic E-state index is 12.6. The molecule has 1 aromatic carbocycles. The summed E-state index contributed by atoms with van der Waals surface area (Å²) < 4.78 is 10.4. The van der Waals surface area contributed by atoms with Crippen LogP contribution in [0.4, 0.5) is 0 Å². The number of aromatic hydroxyl groups is 1. The van der Waals surface area contributed by atoms with Gasteiger partial charge in [0, 0.05) is 22.0 Å². The van der Waals surface area contributed by atoms with Crippen LogP contribution in [-0.2, 0) is 0 Å². The maximum absolute atomic E-state index is 12.6. The Morgan fingerprint density at radius 2 is 2.05 bits per heavy atom. The van der Waals surface area contributed by atoms with Crippen molar-refractivity contribution in [3.63, 3.8) is 0 Å². The number of phenols is 1. The van der Waals surface area contributed by atoms with Gasteiger partial charge in [0.2, 0.25) is 0 Å². The summed E-state index contributed by atoms with van der Waals surface area (Å²) in [6.07, 6.45) is 0. The average molecular weight is 402 g/mol. The van der Waals surface area contributed by atoms with Crippen LogP contribution >= 0.6 is 22.6 Å². The van der Waals surface area contributed by atoms with Crippen molar-refractivity contribution in [2.75, 3.05) is 7.11 Å². The minimum absolute atomic E-state index is 0.0273. The highest BCUT2D eigenvalue weighted by Gasteiger charge is 2.27. The van der Waals surface area contributed by atoms with Crippen molar-refractivity contribution < 1.29 is 19.1 Å². The van der Waals surface area contributed by atoms with E-state index in [9.17, 15) is 14.7 Å². The van der Waals surface area contributed by atoms with Crippen LogP contribution in [0.2, 0.25) is 0 Å². The topological polar surface area (TPSA) is 76.7 Å². The molecule has 21 heavy (non-hydrogen) atoms. The standard InChI is InChI=1S/C15H15IO5/c1-7(8(2)16)14(19)13-10(17)6-11(20-3)9-4-5-12(18)21-15(9)13/h4-8,17H,1-3H3. The highest BCUT2D eigenvalue weighted by Crippen LogP contribution is 2.36. The second kappa shape index (κ2) is 6.05. The van der Waals surface area contributed by atoms with Crippen LogP contribution in [0.25, 0.3) is 11.0 Å². The third-order valence-electron chi connectivity index (χ3n) is 3.42. The molecule has 112 valence electrons. The summed E-state index contributed by atoms with van der Waals surface area (Å²) in [6, 6.07) is 4.13. The van der Waals surface area contributed by atoms with Crippen molar-refractivity contribution in [1.82, 2.24) is 0 Å². The second-order valence-corrected chi connectivity index (χ2v) is 6.77. The summed E-state index contributed by atoms with van der Waals surface area (Å²) in [6.45, 7) is 3.68. The number of Topliss-reactive ketones (excluding diaryl/α,β-unsaturated/α-hetero) is 1. The van der Waals surface area contributed by atoms with Gasteiger partial charge in [-0.2, -0.15) is 0 Å². The Morgan fingerprint density at radius 1 is 1.38 bits per heavy atom. The fraction of sp³-hybridized carbons (Fsp3) is 0.333. The summed E-state index contributed by atoms with van der Waals surface area (Å²) in [7, 11) is 1.44. The molecule has 2 unspecified atom stereocenters. The molecule has 0 amide bonds. The van der Waals surface area contributed by atoms with E-state index in [4.69, 9.17) is 9.15 Å². The van der Waals surface area contributed by atoms with Crippen LogP contribution in [0.1, 0.15) is 24.2 Å². The molecule has 0 aliphatic heterocycles. The molecule has 2 atom stereocenters. The van der Waals surface area contributed by atoms with Crippen LogP contribution in [0.15, 0.2) is 27.4 Å². The molecular formula is C15H15IO5. The van der Waals surface area contributed by atoms with E-state index >= 15 is 0 Å². The lowest BCUT2D eigenvalue weighted by atomic mass is 9.94. The van der Waals surface area contributed by atoms with Gasteiger partial charge in [0.15, 0.2) is 11.4 Å². The van der Waals surface area contributed by atoms with Crippen molar-refractivity contribution >= 4 is 39.3 Å². The molecule has 2 rings (SSSR count). The van der Waals surface area contributed by atoms with E-state index in [2.05, 4.69) is 22.6 Å². The van der Waals surface area contributed by atoms with Crippen molar-refractivity contribution in [2.24, 2.45) is 5.92 Å². The number of alkyl halides is 1. The third kappa shape index (κ3) is 2.90.